The number of hydrogen-bond acceptors (Lipinski definition) is 6. The number of aromatic nitrogens is 4. The lowest BCUT2D eigenvalue weighted by molar-refractivity contribution is 0.0944. The van der Waals surface area contributed by atoms with Gasteiger partial charge in [-0.25, -0.2) is 19.3 Å². The Labute approximate surface area is 195 Å². The fourth-order valence-corrected chi connectivity index (χ4v) is 5.54. The van der Waals surface area contributed by atoms with E-state index in [0.717, 1.165) is 53.2 Å². The maximum absolute atomic E-state index is 16.0. The molecule has 0 saturated carbocycles. The molecule has 0 bridgehead atoms. The van der Waals surface area contributed by atoms with Gasteiger partial charge in [0.05, 0.1) is 17.0 Å². The van der Waals surface area contributed by atoms with Gasteiger partial charge < -0.3 is 20.1 Å². The third kappa shape index (κ3) is 3.13. The van der Waals surface area contributed by atoms with Crippen molar-refractivity contribution >= 4 is 29.1 Å². The molecule has 3 aromatic rings. The summed E-state index contributed by atoms with van der Waals surface area (Å²) in [6.07, 6.45) is 4.53. The van der Waals surface area contributed by atoms with Gasteiger partial charge >= 0.3 is 0 Å². The largest absolute Gasteiger partial charge is 0.352 e. The number of likely N-dealkylation sites (N-methyl/N-ethyl adjacent to an activating group) is 1. The van der Waals surface area contributed by atoms with Crippen LogP contribution in [0.4, 0.5) is 16.0 Å². The highest BCUT2D eigenvalue weighted by molar-refractivity contribution is 6.28. The zero-order valence-corrected chi connectivity index (χ0v) is 19.2. The minimum atomic E-state index is -0.445. The molecule has 33 heavy (non-hydrogen) atoms. The van der Waals surface area contributed by atoms with Crippen LogP contribution >= 0.6 is 11.6 Å². The Bertz CT molecular complexity index is 1340. The Morgan fingerprint density at radius 2 is 1.94 bits per heavy atom. The summed E-state index contributed by atoms with van der Waals surface area (Å²) in [6, 6.07) is 0. The number of rotatable bonds is 2. The molecule has 3 aliphatic rings. The van der Waals surface area contributed by atoms with Gasteiger partial charge in [-0.15, -0.1) is 0 Å². The maximum Gasteiger partial charge on any atom is 0.253 e. The van der Waals surface area contributed by atoms with Crippen molar-refractivity contribution in [3.63, 3.8) is 0 Å². The summed E-state index contributed by atoms with van der Waals surface area (Å²) >= 11 is 6.17. The molecule has 0 atom stereocenters. The molecule has 2 N–H and O–H groups in total. The Morgan fingerprint density at radius 1 is 1.09 bits per heavy atom. The van der Waals surface area contributed by atoms with Gasteiger partial charge in [-0.3, -0.25) is 4.79 Å². The van der Waals surface area contributed by atoms with E-state index in [4.69, 9.17) is 11.6 Å². The van der Waals surface area contributed by atoms with Gasteiger partial charge in [-0.2, -0.15) is 0 Å². The molecule has 1 aliphatic carbocycles. The van der Waals surface area contributed by atoms with Crippen molar-refractivity contribution in [1.29, 1.82) is 0 Å². The van der Waals surface area contributed by atoms with Crippen LogP contribution in [-0.4, -0.2) is 50.5 Å². The van der Waals surface area contributed by atoms with Crippen molar-refractivity contribution in [1.82, 2.24) is 29.7 Å². The molecule has 10 heteroatoms. The Kier molecular flexibility index (Phi) is 4.67. The third-order valence-corrected chi connectivity index (χ3v) is 7.10. The monoisotopic (exact) mass is 467 g/mol. The predicted molar refractivity (Wildman–Crippen MR) is 122 cm³/mol. The van der Waals surface area contributed by atoms with E-state index in [-0.39, 0.29) is 17.0 Å². The summed E-state index contributed by atoms with van der Waals surface area (Å²) < 4.78 is 18.0. The highest BCUT2D eigenvalue weighted by Crippen LogP contribution is 2.42. The molecule has 0 unspecified atom stereocenters. The van der Waals surface area contributed by atoms with E-state index < -0.39 is 5.82 Å². The lowest BCUT2D eigenvalue weighted by Crippen LogP contribution is -2.32. The van der Waals surface area contributed by atoms with Crippen LogP contribution in [0.15, 0.2) is 6.20 Å². The number of amides is 1. The Balaban J connectivity index is 1.48. The highest BCUT2D eigenvalue weighted by Gasteiger charge is 2.34. The van der Waals surface area contributed by atoms with E-state index in [1.807, 2.05) is 18.7 Å². The summed E-state index contributed by atoms with van der Waals surface area (Å²) in [5.41, 5.74) is 6.46. The first kappa shape index (κ1) is 20.6. The quantitative estimate of drug-likeness (QED) is 0.563. The minimum absolute atomic E-state index is 0.0734. The number of carbonyl (C=O) groups excluding carboxylic acids is 1. The van der Waals surface area contributed by atoms with Crippen LogP contribution in [0.25, 0.3) is 11.3 Å². The number of nitrogens with one attached hydrogen (secondary N) is 2. The average Bonchev–Trinajstić information content (AvgIpc) is 3.09. The van der Waals surface area contributed by atoms with Crippen LogP contribution in [0.1, 0.15) is 38.4 Å². The molecule has 5 heterocycles. The summed E-state index contributed by atoms with van der Waals surface area (Å²) in [5, 5.41) is 6.14. The fourth-order valence-electron chi connectivity index (χ4n) is 5.35. The number of pyridine rings is 1. The van der Waals surface area contributed by atoms with Crippen molar-refractivity contribution < 1.29 is 9.18 Å². The number of carbonyl (C=O) groups is 1. The second kappa shape index (κ2) is 7.50. The Hall–Kier alpha value is -3.04. The third-order valence-electron chi connectivity index (χ3n) is 6.93. The van der Waals surface area contributed by atoms with Crippen molar-refractivity contribution in [2.24, 2.45) is 7.05 Å². The minimum Gasteiger partial charge on any atom is -0.352 e. The zero-order chi connectivity index (χ0) is 22.9. The number of aryl methyl sites for hydroxylation is 1. The molecule has 1 amide bonds. The van der Waals surface area contributed by atoms with Gasteiger partial charge in [0.2, 0.25) is 5.28 Å². The molecule has 2 aliphatic heterocycles. The average molecular weight is 468 g/mol. The number of anilines is 2. The van der Waals surface area contributed by atoms with Crippen LogP contribution in [0.2, 0.25) is 5.28 Å². The van der Waals surface area contributed by atoms with E-state index in [0.29, 0.717) is 42.9 Å². The lowest BCUT2D eigenvalue weighted by atomic mass is 9.88. The second-order valence-electron chi connectivity index (χ2n) is 8.91. The molecule has 3 aromatic heterocycles. The SMILES string of the molecule is CN1CCc2nc(Cl)nc(Nc3ncc4c(c3F)-c3c(c5c(n3C)CCNC5=O)CC4)c2C1. The van der Waals surface area contributed by atoms with E-state index in [1.54, 1.807) is 6.20 Å². The van der Waals surface area contributed by atoms with Gasteiger partial charge in [0.25, 0.3) is 5.91 Å². The molecule has 170 valence electrons. The predicted octanol–water partition coefficient (Wildman–Crippen LogP) is 2.79. The maximum atomic E-state index is 16.0. The van der Waals surface area contributed by atoms with Crippen molar-refractivity contribution in [3.05, 3.63) is 50.9 Å². The van der Waals surface area contributed by atoms with Crippen LogP contribution in [0, 0.1) is 5.82 Å². The first-order valence-electron chi connectivity index (χ1n) is 11.1. The first-order chi connectivity index (χ1) is 15.9. The summed E-state index contributed by atoms with van der Waals surface area (Å²) in [4.78, 5) is 27.9. The van der Waals surface area contributed by atoms with Crippen LogP contribution < -0.4 is 10.6 Å². The highest BCUT2D eigenvalue weighted by atomic mass is 35.5. The topological polar surface area (TPSA) is 88.0 Å². The van der Waals surface area contributed by atoms with Crippen LogP contribution in [-0.2, 0) is 39.3 Å². The standard InChI is InChI=1S/C23H23ClFN7O/c1-31-8-6-14-13(10-31)20(30-23(24)28-14)29-21-18(25)16-11(9-27-21)3-4-12-17-15(32(2)19(12)16)5-7-26-22(17)33/h9H,3-8,10H2,1-2H3,(H,26,33)(H,27,28,29,30). The van der Waals surface area contributed by atoms with Crippen LogP contribution in [0.5, 0.6) is 0 Å². The molecule has 8 nitrogen and oxygen atoms in total. The normalized spacial score (nSPS) is 17.0. The van der Waals surface area contributed by atoms with E-state index in [2.05, 4.69) is 30.5 Å². The zero-order valence-electron chi connectivity index (χ0n) is 18.4. The van der Waals surface area contributed by atoms with E-state index >= 15 is 4.39 Å². The molecular formula is C23H23ClFN7O. The summed E-state index contributed by atoms with van der Waals surface area (Å²) in [6.45, 7) is 2.11. The van der Waals surface area contributed by atoms with Gasteiger partial charge in [-0.05, 0) is 42.6 Å². The number of halogens is 2. The van der Waals surface area contributed by atoms with E-state index in [9.17, 15) is 4.79 Å². The van der Waals surface area contributed by atoms with Gasteiger partial charge in [-0.1, -0.05) is 0 Å². The molecule has 0 aromatic carbocycles. The number of nitrogens with zero attached hydrogens (tertiary/aromatic N) is 5. The molecule has 0 spiro atoms. The second-order valence-corrected chi connectivity index (χ2v) is 9.25. The summed E-state index contributed by atoms with van der Waals surface area (Å²) in [7, 11) is 3.93. The molecule has 0 fully saturated rings. The molecule has 0 saturated heterocycles. The molecular weight excluding hydrogens is 445 g/mol. The number of hydrogen-bond donors (Lipinski definition) is 2. The van der Waals surface area contributed by atoms with Crippen LogP contribution in [0.3, 0.4) is 0 Å². The van der Waals surface area contributed by atoms with Gasteiger partial charge in [0, 0.05) is 62.5 Å². The van der Waals surface area contributed by atoms with Crippen molar-refractivity contribution in [2.45, 2.75) is 32.2 Å². The lowest BCUT2D eigenvalue weighted by Gasteiger charge is -2.26. The van der Waals surface area contributed by atoms with Gasteiger partial charge in [0.15, 0.2) is 11.6 Å². The number of fused-ring (bicyclic) bond motifs is 6. The molecule has 6 rings (SSSR count). The summed E-state index contributed by atoms with van der Waals surface area (Å²) in [5.74, 6) is 0.0510. The van der Waals surface area contributed by atoms with Crippen molar-refractivity contribution in [2.75, 3.05) is 25.5 Å². The fraction of sp³-hybridized carbons (Fsp3) is 0.391. The first-order valence-corrected chi connectivity index (χ1v) is 11.5. The van der Waals surface area contributed by atoms with E-state index in [1.165, 1.54) is 0 Å². The van der Waals surface area contributed by atoms with Gasteiger partial charge in [0.1, 0.15) is 5.82 Å². The Morgan fingerprint density at radius 3 is 2.79 bits per heavy atom. The van der Waals surface area contributed by atoms with Crippen molar-refractivity contribution in [3.8, 4) is 11.3 Å². The smallest absolute Gasteiger partial charge is 0.253 e. The molecule has 0 radical (unpaired) electrons.